The molecule has 0 amide bonds. The Hall–Kier alpha value is -2.45. The third kappa shape index (κ3) is 3.68. The fraction of sp³-hybridized carbons (Fsp3) is 0.421. The number of hydrogen-bond acceptors (Lipinski definition) is 8. The van der Waals surface area contributed by atoms with E-state index in [0.29, 0.717) is 12.3 Å². The Morgan fingerprint density at radius 1 is 1.41 bits per heavy atom. The average Bonchev–Trinajstić information content (AvgIpc) is 3.32. The number of piperidine rings is 1. The van der Waals surface area contributed by atoms with E-state index in [0.717, 1.165) is 53.5 Å². The Kier molecular flexibility index (Phi) is 5.09. The van der Waals surface area contributed by atoms with Crippen molar-refractivity contribution >= 4 is 11.5 Å². The van der Waals surface area contributed by atoms with Gasteiger partial charge in [0.05, 0.1) is 18.5 Å². The number of para-hydroxylation sites is 1. The van der Waals surface area contributed by atoms with Crippen LogP contribution in [0.4, 0.5) is 0 Å². The van der Waals surface area contributed by atoms with Crippen LogP contribution in [0.25, 0.3) is 10.6 Å². The maximum atomic E-state index is 10.4. The van der Waals surface area contributed by atoms with Crippen molar-refractivity contribution in [2.24, 2.45) is 0 Å². The normalized spacial score (nSPS) is 17.9. The van der Waals surface area contributed by atoms with Gasteiger partial charge in [0.15, 0.2) is 17.3 Å². The van der Waals surface area contributed by atoms with Crippen molar-refractivity contribution in [1.29, 1.82) is 0 Å². The molecule has 1 aromatic carbocycles. The molecule has 1 N–H and O–H groups in total. The van der Waals surface area contributed by atoms with Gasteiger partial charge in [-0.05, 0) is 43.9 Å². The second-order valence-corrected chi connectivity index (χ2v) is 7.62. The van der Waals surface area contributed by atoms with Crippen LogP contribution in [0.3, 0.4) is 0 Å². The summed E-state index contributed by atoms with van der Waals surface area (Å²) < 4.78 is 14.8. The standard InChI is InChI=1S/C19H22N4O3S/c1-12-9-16(26-21-12)19-17(20-22-27-19)13-6-4-8-23(10-13)11-14-5-3-7-15(25-2)18(14)24/h3,5,7,9,13,24H,4,6,8,10-11H2,1-2H3. The smallest absolute Gasteiger partial charge is 0.180 e. The van der Waals surface area contributed by atoms with Gasteiger partial charge in [0.2, 0.25) is 0 Å². The predicted molar refractivity (Wildman–Crippen MR) is 102 cm³/mol. The van der Waals surface area contributed by atoms with Crippen LogP contribution in [-0.4, -0.2) is 44.9 Å². The van der Waals surface area contributed by atoms with Crippen LogP contribution in [-0.2, 0) is 6.54 Å². The van der Waals surface area contributed by atoms with Crippen molar-refractivity contribution in [3.8, 4) is 22.1 Å². The van der Waals surface area contributed by atoms with Crippen molar-refractivity contribution in [3.05, 3.63) is 41.2 Å². The highest BCUT2D eigenvalue weighted by molar-refractivity contribution is 7.09. The number of likely N-dealkylation sites (tertiary alicyclic amines) is 1. The SMILES string of the molecule is COc1cccc(CN2CCCC(c3nnsc3-c3cc(C)no3)C2)c1O. The fourth-order valence-corrected chi connectivity index (χ4v) is 4.33. The van der Waals surface area contributed by atoms with Crippen molar-refractivity contribution in [2.45, 2.75) is 32.2 Å². The number of aryl methyl sites for hydroxylation is 1. The van der Waals surface area contributed by atoms with E-state index in [4.69, 9.17) is 9.26 Å². The molecule has 0 spiro atoms. The van der Waals surface area contributed by atoms with E-state index in [1.807, 2.05) is 25.1 Å². The minimum Gasteiger partial charge on any atom is -0.504 e. The monoisotopic (exact) mass is 386 g/mol. The first kappa shape index (κ1) is 17.9. The van der Waals surface area contributed by atoms with E-state index in [2.05, 4.69) is 19.6 Å². The van der Waals surface area contributed by atoms with Gasteiger partial charge in [-0.25, -0.2) is 0 Å². The quantitative estimate of drug-likeness (QED) is 0.717. The third-order valence-electron chi connectivity index (χ3n) is 4.95. The number of aromatic hydroxyl groups is 1. The van der Waals surface area contributed by atoms with Crippen LogP contribution in [0.2, 0.25) is 0 Å². The molecule has 1 aliphatic rings. The van der Waals surface area contributed by atoms with Crippen LogP contribution in [0, 0.1) is 6.92 Å². The van der Waals surface area contributed by atoms with Crippen molar-refractivity contribution in [1.82, 2.24) is 19.6 Å². The van der Waals surface area contributed by atoms with Gasteiger partial charge in [-0.2, -0.15) is 0 Å². The number of methoxy groups -OCH3 is 1. The number of benzene rings is 1. The Morgan fingerprint density at radius 2 is 2.30 bits per heavy atom. The van der Waals surface area contributed by atoms with Crippen LogP contribution in [0.1, 0.15) is 35.7 Å². The number of aromatic nitrogens is 3. The molecular formula is C19H22N4O3S. The average molecular weight is 386 g/mol. The molecular weight excluding hydrogens is 364 g/mol. The molecule has 4 rings (SSSR count). The molecule has 0 bridgehead atoms. The molecule has 2 aromatic heterocycles. The predicted octanol–water partition coefficient (Wildman–Crippen LogP) is 3.60. The summed E-state index contributed by atoms with van der Waals surface area (Å²) in [5.74, 6) is 1.74. The minimum atomic E-state index is 0.218. The Bertz CT molecular complexity index is 923. The van der Waals surface area contributed by atoms with E-state index in [1.165, 1.54) is 11.5 Å². The first-order valence-electron chi connectivity index (χ1n) is 8.99. The summed E-state index contributed by atoms with van der Waals surface area (Å²) >= 11 is 1.35. The number of hydrogen-bond donors (Lipinski definition) is 1. The molecule has 0 saturated carbocycles. The summed E-state index contributed by atoms with van der Waals surface area (Å²) in [6.07, 6.45) is 2.13. The number of phenolic OH excluding ortho intramolecular Hbond substituents is 1. The third-order valence-corrected chi connectivity index (χ3v) is 5.71. The summed E-state index contributed by atoms with van der Waals surface area (Å²) in [5, 5.41) is 18.8. The Labute approximate surface area is 161 Å². The molecule has 7 nitrogen and oxygen atoms in total. The van der Waals surface area contributed by atoms with E-state index in [-0.39, 0.29) is 11.7 Å². The first-order valence-corrected chi connectivity index (χ1v) is 9.76. The second kappa shape index (κ2) is 7.66. The van der Waals surface area contributed by atoms with Gasteiger partial charge in [-0.3, -0.25) is 4.90 Å². The lowest BCUT2D eigenvalue weighted by Crippen LogP contribution is -2.34. The molecule has 1 unspecified atom stereocenters. The van der Waals surface area contributed by atoms with Gasteiger partial charge in [-0.1, -0.05) is 21.8 Å². The lowest BCUT2D eigenvalue weighted by molar-refractivity contribution is 0.196. The summed E-state index contributed by atoms with van der Waals surface area (Å²) in [5.41, 5.74) is 2.70. The highest BCUT2D eigenvalue weighted by Gasteiger charge is 2.28. The molecule has 1 aliphatic heterocycles. The van der Waals surface area contributed by atoms with Crippen molar-refractivity contribution < 1.29 is 14.4 Å². The molecule has 27 heavy (non-hydrogen) atoms. The lowest BCUT2D eigenvalue weighted by atomic mass is 9.93. The number of phenols is 1. The zero-order chi connectivity index (χ0) is 18.8. The number of nitrogens with zero attached hydrogens (tertiary/aromatic N) is 4. The summed E-state index contributed by atoms with van der Waals surface area (Å²) in [6, 6.07) is 7.54. The maximum Gasteiger partial charge on any atom is 0.180 e. The highest BCUT2D eigenvalue weighted by Crippen LogP contribution is 2.37. The van der Waals surface area contributed by atoms with Gasteiger partial charge < -0.3 is 14.4 Å². The van der Waals surface area contributed by atoms with E-state index in [1.54, 1.807) is 13.2 Å². The summed E-state index contributed by atoms with van der Waals surface area (Å²) in [7, 11) is 1.57. The molecule has 3 heterocycles. The minimum absolute atomic E-state index is 0.218. The van der Waals surface area contributed by atoms with Crippen LogP contribution in [0.15, 0.2) is 28.8 Å². The van der Waals surface area contributed by atoms with Crippen molar-refractivity contribution in [2.75, 3.05) is 20.2 Å². The molecule has 142 valence electrons. The van der Waals surface area contributed by atoms with Crippen molar-refractivity contribution in [3.63, 3.8) is 0 Å². The van der Waals surface area contributed by atoms with E-state index in [9.17, 15) is 5.11 Å². The molecule has 1 atom stereocenters. The van der Waals surface area contributed by atoms with Crippen LogP contribution < -0.4 is 4.74 Å². The van der Waals surface area contributed by atoms with Gasteiger partial charge in [-0.15, -0.1) is 5.10 Å². The van der Waals surface area contributed by atoms with Crippen LogP contribution >= 0.6 is 11.5 Å². The molecule has 8 heteroatoms. The van der Waals surface area contributed by atoms with Gasteiger partial charge >= 0.3 is 0 Å². The Balaban J connectivity index is 1.52. The second-order valence-electron chi connectivity index (χ2n) is 6.86. The lowest BCUT2D eigenvalue weighted by Gasteiger charge is -2.32. The number of rotatable bonds is 5. The Morgan fingerprint density at radius 3 is 3.07 bits per heavy atom. The van der Waals surface area contributed by atoms with Gasteiger partial charge in [0.25, 0.3) is 0 Å². The fourth-order valence-electron chi connectivity index (χ4n) is 3.63. The molecule has 1 fully saturated rings. The highest BCUT2D eigenvalue weighted by atomic mass is 32.1. The maximum absolute atomic E-state index is 10.4. The first-order chi connectivity index (χ1) is 13.2. The molecule has 1 saturated heterocycles. The summed E-state index contributed by atoms with van der Waals surface area (Å²) in [4.78, 5) is 3.31. The topological polar surface area (TPSA) is 84.5 Å². The largest absolute Gasteiger partial charge is 0.504 e. The number of ether oxygens (including phenoxy) is 1. The zero-order valence-electron chi connectivity index (χ0n) is 15.4. The molecule has 3 aromatic rings. The van der Waals surface area contributed by atoms with Gasteiger partial charge in [0.1, 0.15) is 4.88 Å². The van der Waals surface area contributed by atoms with E-state index < -0.39 is 0 Å². The molecule has 0 radical (unpaired) electrons. The molecule has 0 aliphatic carbocycles. The van der Waals surface area contributed by atoms with Crippen LogP contribution in [0.5, 0.6) is 11.5 Å². The summed E-state index contributed by atoms with van der Waals surface area (Å²) in [6.45, 7) is 4.43. The van der Waals surface area contributed by atoms with E-state index >= 15 is 0 Å². The van der Waals surface area contributed by atoms with Gasteiger partial charge in [0, 0.05) is 30.6 Å². The zero-order valence-corrected chi connectivity index (χ0v) is 16.2.